The van der Waals surface area contributed by atoms with Crippen LogP contribution in [-0.4, -0.2) is 74.8 Å². The van der Waals surface area contributed by atoms with Crippen molar-refractivity contribution in [3.63, 3.8) is 0 Å². The van der Waals surface area contributed by atoms with Crippen LogP contribution in [0.5, 0.6) is 0 Å². The van der Waals surface area contributed by atoms with E-state index >= 15 is 0 Å². The zero-order valence-electron chi connectivity index (χ0n) is 78.9. The third kappa shape index (κ3) is 20.3. The molecule has 0 unspecified atom stereocenters. The van der Waals surface area contributed by atoms with E-state index in [-0.39, 0.29) is 0 Å². The summed E-state index contributed by atoms with van der Waals surface area (Å²) in [6.07, 6.45) is 12.5. The van der Waals surface area contributed by atoms with Crippen LogP contribution >= 0.6 is 0 Å². The van der Waals surface area contributed by atoms with Crippen LogP contribution in [0.25, 0.3) is 247 Å². The van der Waals surface area contributed by atoms with Crippen molar-refractivity contribution in [2.75, 3.05) is 0 Å². The smallest absolute Gasteiger partial charge is 0.182 e. The first-order chi connectivity index (χ1) is 72.3. The van der Waals surface area contributed by atoms with Gasteiger partial charge in [0.15, 0.2) is 52.4 Å². The summed E-state index contributed by atoms with van der Waals surface area (Å²) in [5.74, 6) is 5.42. The average molecular weight is 1870 g/mol. The molecule has 0 aliphatic carbocycles. The first-order valence-corrected chi connectivity index (χ1v) is 48.2. The molecule has 15 heteroatoms. The Morgan fingerprint density at radius 1 is 0.110 bits per heavy atom. The van der Waals surface area contributed by atoms with E-state index in [4.69, 9.17) is 44.9 Å². The summed E-state index contributed by atoms with van der Waals surface area (Å²) in [5.41, 5.74) is 30.6. The number of hydrogen-bond donors (Lipinski definition) is 0. The van der Waals surface area contributed by atoms with Gasteiger partial charge in [-0.3, -0.25) is 15.0 Å². The van der Waals surface area contributed by atoms with Gasteiger partial charge in [-0.1, -0.05) is 352 Å². The van der Waals surface area contributed by atoms with Gasteiger partial charge >= 0.3 is 0 Å². The van der Waals surface area contributed by atoms with Gasteiger partial charge in [-0.2, -0.15) is 0 Å². The van der Waals surface area contributed by atoms with Crippen LogP contribution in [0.4, 0.5) is 0 Å². The summed E-state index contributed by atoms with van der Waals surface area (Å²) in [6.45, 7) is 0. The second kappa shape index (κ2) is 42.0. The third-order valence-corrected chi connectivity index (χ3v) is 25.4. The number of aromatic nitrogens is 15. The van der Waals surface area contributed by atoms with Gasteiger partial charge in [0.05, 0.1) is 22.8 Å². The van der Waals surface area contributed by atoms with Crippen LogP contribution in [0.1, 0.15) is 0 Å². The molecule has 0 fully saturated rings. The highest BCUT2D eigenvalue weighted by Crippen LogP contribution is 2.42. The molecule has 0 radical (unpaired) electrons. The van der Waals surface area contributed by atoms with Crippen LogP contribution in [0, 0.1) is 0 Å². The molecular weight excluding hydrogens is 1780 g/mol. The molecule has 0 saturated heterocycles. The molecule has 25 aromatic rings. The SMILES string of the molecule is c1ccc(-c2cc(-c3ccccc3)cc(-c3nc(-c4cccc(-c5ccccn5)c4)nc(-c4cccc(-c5ccccn5)c4)n3)c2)cc1.c1ccc(-c2cc(-c3ccccc3)cc(-c3nc(-c4cccc(-c5ncccn5)c4)cc(-c4cccc(-c5ncccn5)c4)n3)c2)cc1.c1ccc(-c2ccc(-c3nc(-c4cc(-c5ccccc5)cc(-c5ccccc5)c4)nc(-c4cc5ccccc5c5ccccc45)n3)nc2)cc1. The Bertz CT molecular complexity index is 8210. The minimum atomic E-state index is 0.522. The predicted octanol–water partition coefficient (Wildman–Crippen LogP) is 31.6. The van der Waals surface area contributed by atoms with Gasteiger partial charge in [0.2, 0.25) is 0 Å². The van der Waals surface area contributed by atoms with Crippen LogP contribution in [-0.2, 0) is 0 Å². The van der Waals surface area contributed by atoms with Crippen LogP contribution in [0.2, 0.25) is 0 Å². The summed E-state index contributed by atoms with van der Waals surface area (Å²) >= 11 is 0. The largest absolute Gasteiger partial charge is 0.256 e. The quantitative estimate of drug-likeness (QED) is 0.0654. The highest BCUT2D eigenvalue weighted by atomic mass is 15.1. The number of rotatable bonds is 20. The topological polar surface area (TPSA) is 193 Å². The third-order valence-electron chi connectivity index (χ3n) is 25.4. The Labute approximate surface area is 844 Å². The normalized spacial score (nSPS) is 11.0. The number of benzene rings is 17. The van der Waals surface area contributed by atoms with E-state index in [1.54, 1.807) is 37.2 Å². The van der Waals surface area contributed by atoms with Crippen molar-refractivity contribution in [2.24, 2.45) is 0 Å². The summed E-state index contributed by atoms with van der Waals surface area (Å²) in [4.78, 5) is 73.2. The number of nitrogens with zero attached hydrogens (tertiary/aromatic N) is 15. The zero-order valence-corrected chi connectivity index (χ0v) is 78.9. The monoisotopic (exact) mass is 1870 g/mol. The molecule has 0 saturated carbocycles. The molecule has 686 valence electrons. The van der Waals surface area contributed by atoms with Gasteiger partial charge < -0.3 is 0 Å². The van der Waals surface area contributed by atoms with Gasteiger partial charge in [0, 0.05) is 116 Å². The molecule has 17 aromatic carbocycles. The van der Waals surface area contributed by atoms with Crippen molar-refractivity contribution in [3.05, 3.63) is 529 Å². The van der Waals surface area contributed by atoms with E-state index < -0.39 is 0 Å². The summed E-state index contributed by atoms with van der Waals surface area (Å²) in [5, 5.41) is 4.58. The average Bonchev–Trinajstić information content (AvgIpc) is 0.768. The lowest BCUT2D eigenvalue weighted by molar-refractivity contribution is 1.06. The maximum absolute atomic E-state index is 5.24. The zero-order chi connectivity index (χ0) is 97.5. The minimum Gasteiger partial charge on any atom is -0.256 e. The van der Waals surface area contributed by atoms with E-state index in [1.165, 1.54) is 5.39 Å². The molecule has 0 atom stereocenters. The molecule has 0 aliphatic heterocycles. The molecular formula is C131H87N15. The fraction of sp³-hybridized carbons (Fsp3) is 0. The molecule has 15 nitrogen and oxygen atoms in total. The van der Waals surface area contributed by atoms with Crippen molar-refractivity contribution < 1.29 is 0 Å². The molecule has 8 heterocycles. The fourth-order valence-corrected chi connectivity index (χ4v) is 18.2. The van der Waals surface area contributed by atoms with E-state index in [1.807, 2.05) is 170 Å². The van der Waals surface area contributed by atoms with E-state index in [0.717, 1.165) is 184 Å². The van der Waals surface area contributed by atoms with Crippen molar-refractivity contribution in [1.82, 2.24) is 74.8 Å². The van der Waals surface area contributed by atoms with E-state index in [2.05, 4.69) is 351 Å². The van der Waals surface area contributed by atoms with Gasteiger partial charge in [-0.25, -0.2) is 59.8 Å². The second-order valence-electron chi connectivity index (χ2n) is 35.1. The molecule has 8 aromatic heterocycles. The Balaban J connectivity index is 0.000000121. The predicted molar refractivity (Wildman–Crippen MR) is 590 cm³/mol. The van der Waals surface area contributed by atoms with Crippen molar-refractivity contribution in [3.8, 4) is 226 Å². The summed E-state index contributed by atoms with van der Waals surface area (Å²) < 4.78 is 0. The minimum absolute atomic E-state index is 0.522. The van der Waals surface area contributed by atoms with Gasteiger partial charge in [-0.15, -0.1) is 0 Å². The molecule has 0 aliphatic rings. The molecule has 0 bridgehead atoms. The first-order valence-electron chi connectivity index (χ1n) is 48.2. The molecule has 0 amide bonds. The maximum atomic E-state index is 5.24. The maximum Gasteiger partial charge on any atom is 0.182 e. The Morgan fingerprint density at radius 3 is 0.740 bits per heavy atom. The van der Waals surface area contributed by atoms with Crippen LogP contribution in [0.15, 0.2) is 529 Å². The van der Waals surface area contributed by atoms with Crippen LogP contribution in [0.3, 0.4) is 0 Å². The van der Waals surface area contributed by atoms with Gasteiger partial charge in [0.1, 0.15) is 5.69 Å². The lowest BCUT2D eigenvalue weighted by Gasteiger charge is -2.14. The molecule has 0 N–H and O–H groups in total. The second-order valence-corrected chi connectivity index (χ2v) is 35.1. The Hall–Kier alpha value is -20.0. The first kappa shape index (κ1) is 89.9. The standard InChI is InChI=1S/C46H30N4.C43H29N5.C42H28N6/c1-4-14-31(15-5-1)35-24-25-43(47-30-35)46-49-44(38-27-36(32-16-6-2-7-17-32)26-37(28-38)33-18-8-3-9-19-33)48-45(50-46)42-29-34-20-10-11-21-39(34)40-22-12-13-23-41(40)42;1-3-13-30(14-4-1)36-27-37(31-15-5-2-6-16-31)29-38(28-36)43-47-41(34-19-11-17-32(25-34)39-21-7-9-23-44-39)46-42(48-43)35-20-12-18-33(26-35)40-22-8-10-24-45-40;1-3-11-29(12-4-1)35-25-36(30-13-5-2-6-14-30)27-37(26-35)42-47-38(31-15-7-17-33(23-31)40-43-19-9-20-44-40)28-39(48-42)32-16-8-18-34(24-32)41-45-21-10-22-46-41/h1-30H;1-29H;1-28H. The number of hydrogen-bond acceptors (Lipinski definition) is 15. The van der Waals surface area contributed by atoms with Crippen molar-refractivity contribution in [1.29, 1.82) is 0 Å². The van der Waals surface area contributed by atoms with Gasteiger partial charge in [0.25, 0.3) is 0 Å². The van der Waals surface area contributed by atoms with Crippen molar-refractivity contribution >= 4 is 21.5 Å². The number of fused-ring (bicyclic) bond motifs is 3. The van der Waals surface area contributed by atoms with E-state index in [9.17, 15) is 0 Å². The summed E-state index contributed by atoms with van der Waals surface area (Å²) in [7, 11) is 0. The lowest BCUT2D eigenvalue weighted by atomic mass is 9.95. The number of pyridine rings is 3. The van der Waals surface area contributed by atoms with Crippen molar-refractivity contribution in [2.45, 2.75) is 0 Å². The molecule has 0 spiro atoms. The van der Waals surface area contributed by atoms with Gasteiger partial charge in [-0.05, 0) is 227 Å². The van der Waals surface area contributed by atoms with E-state index in [0.29, 0.717) is 58.1 Å². The molecule has 146 heavy (non-hydrogen) atoms. The lowest BCUT2D eigenvalue weighted by Crippen LogP contribution is -2.02. The van der Waals surface area contributed by atoms with Crippen LogP contribution < -0.4 is 0 Å². The Kier molecular flexibility index (Phi) is 25.8. The fourth-order valence-electron chi connectivity index (χ4n) is 18.2. The Morgan fingerprint density at radius 2 is 0.377 bits per heavy atom. The summed E-state index contributed by atoms with van der Waals surface area (Å²) in [6, 6.07) is 166. The highest BCUT2D eigenvalue weighted by Gasteiger charge is 2.23. The molecule has 25 rings (SSSR count). The highest BCUT2D eigenvalue weighted by molar-refractivity contribution is 6.13.